The molecule has 0 aromatic heterocycles. The molecule has 0 spiro atoms. The summed E-state index contributed by atoms with van der Waals surface area (Å²) >= 11 is 0. The van der Waals surface area contributed by atoms with Crippen LogP contribution in [0.4, 0.5) is 0 Å². The van der Waals surface area contributed by atoms with Crippen molar-refractivity contribution in [1.29, 1.82) is 0 Å². The molecule has 0 amide bonds. The fraction of sp³-hybridized carbons (Fsp3) is 0.286. The summed E-state index contributed by atoms with van der Waals surface area (Å²) in [6.07, 6.45) is 4.79. The van der Waals surface area contributed by atoms with Gasteiger partial charge in [0, 0.05) is 18.9 Å². The predicted molar refractivity (Wildman–Crippen MR) is 98.3 cm³/mol. The van der Waals surface area contributed by atoms with E-state index in [1.165, 1.54) is 6.08 Å². The summed E-state index contributed by atoms with van der Waals surface area (Å²) in [6, 6.07) is 17.6. The lowest BCUT2D eigenvalue weighted by atomic mass is 9.85. The molecule has 2 aromatic rings. The van der Waals surface area contributed by atoms with Gasteiger partial charge in [-0.1, -0.05) is 42.5 Å². The van der Waals surface area contributed by atoms with Crippen molar-refractivity contribution in [3.05, 3.63) is 71.8 Å². The molecule has 0 bridgehead atoms. The second-order valence-corrected chi connectivity index (χ2v) is 6.14. The first-order chi connectivity index (χ1) is 12.2. The summed E-state index contributed by atoms with van der Waals surface area (Å²) in [5, 5.41) is 3.33. The number of piperidine rings is 1. The van der Waals surface area contributed by atoms with Crippen molar-refractivity contribution < 1.29 is 14.3 Å². The Labute approximate surface area is 148 Å². The fourth-order valence-corrected chi connectivity index (χ4v) is 3.16. The summed E-state index contributed by atoms with van der Waals surface area (Å²) < 4.78 is 11.1. The maximum atomic E-state index is 12.5. The zero-order chi connectivity index (χ0) is 17.5. The summed E-state index contributed by atoms with van der Waals surface area (Å²) in [4.78, 5) is 12.5. The Balaban J connectivity index is 1.75. The summed E-state index contributed by atoms with van der Waals surface area (Å²) in [5.41, 5.74) is 1.40. The predicted octanol–water partition coefficient (Wildman–Crippen LogP) is 3.53. The van der Waals surface area contributed by atoms with Crippen molar-refractivity contribution in [3.63, 3.8) is 0 Å². The molecule has 3 rings (SSSR count). The maximum absolute atomic E-state index is 12.5. The van der Waals surface area contributed by atoms with E-state index in [1.54, 1.807) is 13.2 Å². The van der Waals surface area contributed by atoms with Gasteiger partial charge in [0.05, 0.1) is 7.11 Å². The quantitative estimate of drug-likeness (QED) is 0.670. The Kier molecular flexibility index (Phi) is 5.51. The van der Waals surface area contributed by atoms with Crippen LogP contribution in [0.25, 0.3) is 6.08 Å². The number of carbonyl (C=O) groups excluding carboxylic acids is 1. The number of nitrogens with one attached hydrogen (secondary N) is 1. The van der Waals surface area contributed by atoms with E-state index in [0.717, 1.165) is 42.8 Å². The van der Waals surface area contributed by atoms with Gasteiger partial charge in [-0.2, -0.15) is 0 Å². The number of ether oxygens (including phenoxy) is 2. The highest BCUT2D eigenvalue weighted by Crippen LogP contribution is 2.35. The molecule has 1 saturated heterocycles. The second-order valence-electron chi connectivity index (χ2n) is 6.14. The third-order valence-electron chi connectivity index (χ3n) is 4.51. The molecule has 0 unspecified atom stereocenters. The Morgan fingerprint density at radius 3 is 2.56 bits per heavy atom. The molecule has 0 aliphatic carbocycles. The molecule has 1 aliphatic heterocycles. The van der Waals surface area contributed by atoms with Crippen LogP contribution in [0.5, 0.6) is 5.75 Å². The molecule has 1 heterocycles. The minimum atomic E-state index is -0.553. The van der Waals surface area contributed by atoms with E-state index in [-0.39, 0.29) is 5.97 Å². The molecule has 4 nitrogen and oxygen atoms in total. The van der Waals surface area contributed by atoms with Gasteiger partial charge in [-0.25, -0.2) is 4.79 Å². The number of rotatable bonds is 5. The maximum Gasteiger partial charge on any atom is 0.331 e. The summed E-state index contributed by atoms with van der Waals surface area (Å²) in [6.45, 7) is 1.67. The largest absolute Gasteiger partial charge is 0.497 e. The van der Waals surface area contributed by atoms with Gasteiger partial charge < -0.3 is 14.8 Å². The number of methoxy groups -OCH3 is 1. The average Bonchev–Trinajstić information content (AvgIpc) is 2.68. The van der Waals surface area contributed by atoms with E-state index >= 15 is 0 Å². The summed E-state index contributed by atoms with van der Waals surface area (Å²) in [5.74, 6) is 0.434. The first kappa shape index (κ1) is 17.2. The Hall–Kier alpha value is -2.59. The van der Waals surface area contributed by atoms with Crippen LogP contribution in [0.2, 0.25) is 0 Å². The molecule has 2 aromatic carbocycles. The van der Waals surface area contributed by atoms with Crippen molar-refractivity contribution in [2.45, 2.75) is 18.4 Å². The van der Waals surface area contributed by atoms with Gasteiger partial charge in [0.1, 0.15) is 11.4 Å². The normalized spacial score (nSPS) is 16.5. The molecular weight excluding hydrogens is 314 g/mol. The fourth-order valence-electron chi connectivity index (χ4n) is 3.16. The lowest BCUT2D eigenvalue weighted by Gasteiger charge is -2.37. The van der Waals surface area contributed by atoms with Gasteiger partial charge in [0.25, 0.3) is 0 Å². The first-order valence-corrected chi connectivity index (χ1v) is 8.53. The van der Waals surface area contributed by atoms with Gasteiger partial charge in [0.15, 0.2) is 0 Å². The number of benzene rings is 2. The molecule has 0 saturated carbocycles. The zero-order valence-electron chi connectivity index (χ0n) is 14.4. The zero-order valence-corrected chi connectivity index (χ0v) is 14.4. The topological polar surface area (TPSA) is 47.6 Å². The second kappa shape index (κ2) is 7.99. The SMILES string of the molecule is COc1cccc(/C=C/C(=O)OC2(c3ccccc3)CCNCC2)c1. The van der Waals surface area contributed by atoms with Crippen LogP contribution in [-0.4, -0.2) is 26.2 Å². The van der Waals surface area contributed by atoms with E-state index in [9.17, 15) is 4.79 Å². The summed E-state index contributed by atoms with van der Waals surface area (Å²) in [7, 11) is 1.62. The van der Waals surface area contributed by atoms with E-state index in [0.29, 0.717) is 0 Å². The monoisotopic (exact) mass is 337 g/mol. The van der Waals surface area contributed by atoms with Crippen molar-refractivity contribution in [3.8, 4) is 5.75 Å². The van der Waals surface area contributed by atoms with Crippen LogP contribution in [0, 0.1) is 0 Å². The van der Waals surface area contributed by atoms with Crippen LogP contribution >= 0.6 is 0 Å². The third-order valence-corrected chi connectivity index (χ3v) is 4.51. The molecule has 0 atom stereocenters. The van der Waals surface area contributed by atoms with E-state index < -0.39 is 5.60 Å². The lowest BCUT2D eigenvalue weighted by molar-refractivity contribution is -0.157. The number of carbonyl (C=O) groups is 1. The van der Waals surface area contributed by atoms with E-state index in [2.05, 4.69) is 5.32 Å². The molecule has 1 fully saturated rings. The molecule has 0 radical (unpaired) electrons. The van der Waals surface area contributed by atoms with Gasteiger partial charge in [-0.15, -0.1) is 0 Å². The van der Waals surface area contributed by atoms with Gasteiger partial charge >= 0.3 is 5.97 Å². The highest BCUT2D eigenvalue weighted by atomic mass is 16.6. The smallest absolute Gasteiger partial charge is 0.331 e. The van der Waals surface area contributed by atoms with Gasteiger partial charge in [0.2, 0.25) is 0 Å². The molecule has 25 heavy (non-hydrogen) atoms. The van der Waals surface area contributed by atoms with Crippen LogP contribution in [0.3, 0.4) is 0 Å². The van der Waals surface area contributed by atoms with E-state index in [4.69, 9.17) is 9.47 Å². The highest BCUT2D eigenvalue weighted by Gasteiger charge is 2.37. The van der Waals surface area contributed by atoms with Gasteiger partial charge in [-0.3, -0.25) is 0 Å². The van der Waals surface area contributed by atoms with Crippen molar-refractivity contribution in [1.82, 2.24) is 5.32 Å². The van der Waals surface area contributed by atoms with Gasteiger partial charge in [-0.05, 0) is 42.4 Å². The van der Waals surface area contributed by atoms with Crippen LogP contribution in [-0.2, 0) is 15.1 Å². The molecule has 1 N–H and O–H groups in total. The highest BCUT2D eigenvalue weighted by molar-refractivity contribution is 5.87. The van der Waals surface area contributed by atoms with Crippen molar-refractivity contribution in [2.24, 2.45) is 0 Å². The number of hydrogen-bond donors (Lipinski definition) is 1. The van der Waals surface area contributed by atoms with Crippen LogP contribution < -0.4 is 10.1 Å². The van der Waals surface area contributed by atoms with E-state index in [1.807, 2.05) is 54.6 Å². The average molecular weight is 337 g/mol. The molecule has 1 aliphatic rings. The van der Waals surface area contributed by atoms with Crippen molar-refractivity contribution in [2.75, 3.05) is 20.2 Å². The van der Waals surface area contributed by atoms with Crippen molar-refractivity contribution >= 4 is 12.0 Å². The molecular formula is C21H23NO3. The third kappa shape index (κ3) is 4.28. The number of hydrogen-bond acceptors (Lipinski definition) is 4. The Morgan fingerprint density at radius 2 is 1.84 bits per heavy atom. The molecule has 4 heteroatoms. The van der Waals surface area contributed by atoms with Crippen LogP contribution in [0.15, 0.2) is 60.7 Å². The Morgan fingerprint density at radius 1 is 1.08 bits per heavy atom. The Bertz CT molecular complexity index is 734. The minimum Gasteiger partial charge on any atom is -0.497 e. The molecule has 130 valence electrons. The minimum absolute atomic E-state index is 0.325. The van der Waals surface area contributed by atoms with Crippen LogP contribution in [0.1, 0.15) is 24.0 Å². The first-order valence-electron chi connectivity index (χ1n) is 8.53. The standard InChI is InChI=1S/C21H23NO3/c1-24-19-9-5-6-17(16-19)10-11-20(23)25-21(12-14-22-15-13-21)18-7-3-2-4-8-18/h2-11,16,22H,12-15H2,1H3/b11-10+. The lowest BCUT2D eigenvalue weighted by Crippen LogP contribution is -2.42. The number of esters is 1.